The van der Waals surface area contributed by atoms with Crippen molar-refractivity contribution in [2.24, 2.45) is 5.92 Å². The molecule has 0 spiro atoms. The van der Waals surface area contributed by atoms with Crippen LogP contribution in [0.3, 0.4) is 0 Å². The lowest BCUT2D eigenvalue weighted by Crippen LogP contribution is -2.58. The maximum atomic E-state index is 9.92. The summed E-state index contributed by atoms with van der Waals surface area (Å²) < 4.78 is 0. The molecule has 1 aliphatic rings. The van der Waals surface area contributed by atoms with Gasteiger partial charge in [0.05, 0.1) is 0 Å². The Hall–Kier alpha value is -0.0800. The molecule has 100 valence electrons. The fraction of sp³-hybridized carbons (Fsp3) is 1.00. The molecule has 0 radical (unpaired) electrons. The van der Waals surface area contributed by atoms with Crippen molar-refractivity contribution in [2.45, 2.75) is 86.2 Å². The van der Waals surface area contributed by atoms with E-state index in [1.807, 2.05) is 27.7 Å². The van der Waals surface area contributed by atoms with Gasteiger partial charge in [-0.25, -0.2) is 0 Å². The Kier molecular flexibility index (Phi) is 8.33. The molecular weight excluding hydrogens is 198 g/mol. The van der Waals surface area contributed by atoms with Gasteiger partial charge in [0.2, 0.25) is 0 Å². The van der Waals surface area contributed by atoms with E-state index in [9.17, 15) is 5.21 Å². The van der Waals surface area contributed by atoms with E-state index in [-0.39, 0.29) is 11.1 Å². The monoisotopic (exact) mass is 231 g/mol. The molecule has 0 bridgehead atoms. The van der Waals surface area contributed by atoms with Crippen molar-refractivity contribution in [2.75, 3.05) is 0 Å². The molecule has 0 unspecified atom stereocenters. The second-order valence-corrected chi connectivity index (χ2v) is 5.45. The normalized spacial score (nSPS) is 23.6. The third-order valence-corrected chi connectivity index (χ3v) is 2.84. The van der Waals surface area contributed by atoms with Crippen LogP contribution in [0.4, 0.5) is 0 Å². The first-order chi connectivity index (χ1) is 7.26. The van der Waals surface area contributed by atoms with Crippen molar-refractivity contribution in [3.8, 4) is 0 Å². The smallest absolute Gasteiger partial charge is 0.0413 e. The van der Waals surface area contributed by atoms with E-state index >= 15 is 0 Å². The van der Waals surface area contributed by atoms with E-state index in [4.69, 9.17) is 0 Å². The number of nitrogens with zero attached hydrogens (tertiary/aromatic N) is 1. The van der Waals surface area contributed by atoms with Crippen LogP contribution in [-0.4, -0.2) is 21.3 Å². The minimum absolute atomic E-state index is 0.0683. The van der Waals surface area contributed by atoms with E-state index < -0.39 is 0 Å². The second kappa shape index (κ2) is 7.29. The van der Waals surface area contributed by atoms with Crippen LogP contribution < -0.4 is 0 Å². The molecule has 0 aromatic rings. The van der Waals surface area contributed by atoms with Gasteiger partial charge in [-0.1, -0.05) is 34.6 Å². The summed E-state index contributed by atoms with van der Waals surface area (Å²) in [6.45, 7) is 18.7. The van der Waals surface area contributed by atoms with Crippen LogP contribution in [0.25, 0.3) is 0 Å². The molecule has 0 aromatic carbocycles. The molecular formula is C14H33NO. The van der Waals surface area contributed by atoms with E-state index in [1.54, 1.807) is 0 Å². The average molecular weight is 231 g/mol. The summed E-state index contributed by atoms with van der Waals surface area (Å²) in [4.78, 5) is 0. The van der Waals surface area contributed by atoms with Gasteiger partial charge < -0.3 is 5.21 Å². The number of hydrogen-bond acceptors (Lipinski definition) is 2. The van der Waals surface area contributed by atoms with Gasteiger partial charge in [0.25, 0.3) is 0 Å². The van der Waals surface area contributed by atoms with Crippen LogP contribution in [0.1, 0.15) is 75.2 Å². The van der Waals surface area contributed by atoms with E-state index in [2.05, 4.69) is 34.6 Å². The highest BCUT2D eigenvalue weighted by Gasteiger charge is 2.43. The molecule has 2 heteroatoms. The molecule has 1 heterocycles. The minimum Gasteiger partial charge on any atom is -0.313 e. The first kappa shape index (κ1) is 18.3. The van der Waals surface area contributed by atoms with E-state index in [0.717, 1.165) is 12.8 Å². The van der Waals surface area contributed by atoms with Crippen LogP contribution >= 0.6 is 0 Å². The SMILES string of the molecule is CC.CC.CC1CC(C)(C)N(O)C(C)(C)C1. The largest absolute Gasteiger partial charge is 0.313 e. The van der Waals surface area contributed by atoms with E-state index in [0.29, 0.717) is 5.92 Å². The quantitative estimate of drug-likeness (QED) is 0.652. The Bertz CT molecular complexity index is 158. The third kappa shape index (κ3) is 4.84. The zero-order valence-corrected chi connectivity index (χ0v) is 12.9. The van der Waals surface area contributed by atoms with Crippen molar-refractivity contribution in [1.29, 1.82) is 0 Å². The summed E-state index contributed by atoms with van der Waals surface area (Å²) in [7, 11) is 0. The summed E-state index contributed by atoms with van der Waals surface area (Å²) in [5.41, 5.74) is -0.137. The first-order valence-electron chi connectivity index (χ1n) is 6.75. The molecule has 0 amide bonds. The fourth-order valence-corrected chi connectivity index (χ4v) is 2.77. The lowest BCUT2D eigenvalue weighted by molar-refractivity contribution is -0.249. The van der Waals surface area contributed by atoms with Crippen molar-refractivity contribution in [3.05, 3.63) is 0 Å². The molecule has 2 nitrogen and oxygen atoms in total. The predicted octanol–water partition coefficient (Wildman–Crippen LogP) is 4.72. The summed E-state index contributed by atoms with van der Waals surface area (Å²) >= 11 is 0. The summed E-state index contributed by atoms with van der Waals surface area (Å²) in [5.74, 6) is 0.707. The Morgan fingerprint density at radius 2 is 1.12 bits per heavy atom. The maximum Gasteiger partial charge on any atom is 0.0413 e. The predicted molar refractivity (Wildman–Crippen MR) is 72.9 cm³/mol. The van der Waals surface area contributed by atoms with Gasteiger partial charge >= 0.3 is 0 Å². The lowest BCUT2D eigenvalue weighted by atomic mass is 9.76. The van der Waals surface area contributed by atoms with Crippen LogP contribution in [0, 0.1) is 5.92 Å². The summed E-state index contributed by atoms with van der Waals surface area (Å²) in [6.07, 6.45) is 2.15. The topological polar surface area (TPSA) is 23.5 Å². The third-order valence-electron chi connectivity index (χ3n) is 2.84. The number of hydroxylamine groups is 2. The van der Waals surface area contributed by atoms with Crippen LogP contribution in [0.5, 0.6) is 0 Å². The van der Waals surface area contributed by atoms with Crippen molar-refractivity contribution in [3.63, 3.8) is 0 Å². The average Bonchev–Trinajstić information content (AvgIpc) is 2.19. The summed E-state index contributed by atoms with van der Waals surface area (Å²) in [6, 6.07) is 0. The van der Waals surface area contributed by atoms with Gasteiger partial charge in [-0.3, -0.25) is 0 Å². The van der Waals surface area contributed by atoms with Crippen molar-refractivity contribution in [1.82, 2.24) is 5.06 Å². The van der Waals surface area contributed by atoms with Gasteiger partial charge in [0.1, 0.15) is 0 Å². The Labute approximate surface area is 103 Å². The van der Waals surface area contributed by atoms with Gasteiger partial charge in [0.15, 0.2) is 0 Å². The molecule has 1 saturated heterocycles. The van der Waals surface area contributed by atoms with Crippen molar-refractivity contribution >= 4 is 0 Å². The first-order valence-corrected chi connectivity index (χ1v) is 6.75. The highest BCUT2D eigenvalue weighted by atomic mass is 16.5. The molecule has 16 heavy (non-hydrogen) atoms. The van der Waals surface area contributed by atoms with Crippen LogP contribution in [0.15, 0.2) is 0 Å². The van der Waals surface area contributed by atoms with Crippen molar-refractivity contribution < 1.29 is 5.21 Å². The van der Waals surface area contributed by atoms with E-state index in [1.165, 1.54) is 5.06 Å². The molecule has 1 rings (SSSR count). The van der Waals surface area contributed by atoms with Gasteiger partial charge in [-0.05, 0) is 46.5 Å². The summed E-state index contributed by atoms with van der Waals surface area (Å²) in [5, 5.41) is 11.4. The molecule has 1 N–H and O–H groups in total. The molecule has 0 aliphatic carbocycles. The molecule has 0 aromatic heterocycles. The number of hydrogen-bond donors (Lipinski definition) is 1. The van der Waals surface area contributed by atoms with Gasteiger partial charge in [0, 0.05) is 11.1 Å². The molecule has 0 saturated carbocycles. The number of rotatable bonds is 0. The Balaban J connectivity index is 0. The fourth-order valence-electron chi connectivity index (χ4n) is 2.77. The second-order valence-electron chi connectivity index (χ2n) is 5.45. The Morgan fingerprint density at radius 1 is 0.875 bits per heavy atom. The highest BCUT2D eigenvalue weighted by Crippen LogP contribution is 2.39. The zero-order chi connectivity index (χ0) is 13.6. The highest BCUT2D eigenvalue weighted by molar-refractivity contribution is 4.94. The Morgan fingerprint density at radius 3 is 1.38 bits per heavy atom. The van der Waals surface area contributed by atoms with Gasteiger partial charge in [-0.15, -0.1) is 0 Å². The molecule has 1 fully saturated rings. The maximum absolute atomic E-state index is 9.92. The van der Waals surface area contributed by atoms with Crippen LogP contribution in [0.2, 0.25) is 0 Å². The number of piperidine rings is 1. The standard InChI is InChI=1S/C10H21NO.2C2H6/c1-8-6-9(2,3)11(12)10(4,5)7-8;2*1-2/h8,12H,6-7H2,1-5H3;2*1-2H3. The zero-order valence-electron chi connectivity index (χ0n) is 12.9. The van der Waals surface area contributed by atoms with Gasteiger partial charge in [-0.2, -0.15) is 5.06 Å². The lowest BCUT2D eigenvalue weighted by Gasteiger charge is -2.50. The molecule has 0 atom stereocenters. The molecule has 1 aliphatic heterocycles. The minimum atomic E-state index is -0.0683. The van der Waals surface area contributed by atoms with Crippen LogP contribution in [-0.2, 0) is 0 Å².